The number of imide groups is 1. The summed E-state index contributed by atoms with van der Waals surface area (Å²) >= 11 is 0. The van der Waals surface area contributed by atoms with Crippen LogP contribution in [0.4, 0.5) is 10.5 Å². The summed E-state index contributed by atoms with van der Waals surface area (Å²) in [6.45, 7) is 2.44. The standard InChI is InChI=1S/C14H17N3O2/c18-13-5-8-17(14(19)16-13)12-2-1-10-3-6-15-7-4-11(10)9-12/h1-2,9,15H,3-8H2,(H,16,18,19). The number of fused-ring (bicyclic) bond motifs is 1. The Labute approximate surface area is 112 Å². The molecule has 1 aromatic rings. The van der Waals surface area contributed by atoms with E-state index in [1.165, 1.54) is 11.1 Å². The van der Waals surface area contributed by atoms with Crippen molar-refractivity contribution in [3.63, 3.8) is 0 Å². The third-order valence-corrected chi connectivity index (χ3v) is 3.70. The quantitative estimate of drug-likeness (QED) is 0.785. The summed E-state index contributed by atoms with van der Waals surface area (Å²) in [6.07, 6.45) is 2.38. The first kappa shape index (κ1) is 12.2. The lowest BCUT2D eigenvalue weighted by atomic mass is 10.0. The third kappa shape index (κ3) is 2.46. The Morgan fingerprint density at radius 3 is 2.58 bits per heavy atom. The zero-order chi connectivity index (χ0) is 13.2. The van der Waals surface area contributed by atoms with Gasteiger partial charge in [0.1, 0.15) is 0 Å². The lowest BCUT2D eigenvalue weighted by Gasteiger charge is -2.27. The van der Waals surface area contributed by atoms with E-state index in [2.05, 4.69) is 22.8 Å². The van der Waals surface area contributed by atoms with Gasteiger partial charge in [0, 0.05) is 18.7 Å². The van der Waals surface area contributed by atoms with Crippen molar-refractivity contribution in [2.75, 3.05) is 24.5 Å². The zero-order valence-electron chi connectivity index (χ0n) is 10.7. The Morgan fingerprint density at radius 1 is 1.00 bits per heavy atom. The highest BCUT2D eigenvalue weighted by Gasteiger charge is 2.24. The van der Waals surface area contributed by atoms with Crippen molar-refractivity contribution in [1.82, 2.24) is 10.6 Å². The van der Waals surface area contributed by atoms with Gasteiger partial charge in [-0.05, 0) is 49.2 Å². The number of carbonyl (C=O) groups is 2. The van der Waals surface area contributed by atoms with Gasteiger partial charge < -0.3 is 5.32 Å². The molecule has 1 aromatic carbocycles. The minimum atomic E-state index is -0.317. The maximum atomic E-state index is 11.8. The molecule has 2 aliphatic heterocycles. The number of hydrogen-bond donors (Lipinski definition) is 2. The lowest BCUT2D eigenvalue weighted by Crippen LogP contribution is -2.49. The van der Waals surface area contributed by atoms with E-state index in [1.54, 1.807) is 4.90 Å². The second-order valence-corrected chi connectivity index (χ2v) is 4.96. The highest BCUT2D eigenvalue weighted by atomic mass is 16.2. The van der Waals surface area contributed by atoms with Crippen molar-refractivity contribution in [3.05, 3.63) is 29.3 Å². The normalized spacial score (nSPS) is 19.7. The largest absolute Gasteiger partial charge is 0.328 e. The number of amides is 3. The number of carbonyl (C=O) groups excluding carboxylic acids is 2. The second kappa shape index (κ2) is 5.01. The summed E-state index contributed by atoms with van der Waals surface area (Å²) < 4.78 is 0. The van der Waals surface area contributed by atoms with Crippen LogP contribution in [0.2, 0.25) is 0 Å². The van der Waals surface area contributed by atoms with Crippen molar-refractivity contribution in [1.29, 1.82) is 0 Å². The predicted octanol–water partition coefficient (Wildman–Crippen LogP) is 0.821. The van der Waals surface area contributed by atoms with E-state index < -0.39 is 0 Å². The van der Waals surface area contributed by atoms with E-state index in [0.29, 0.717) is 13.0 Å². The molecule has 2 heterocycles. The lowest BCUT2D eigenvalue weighted by molar-refractivity contribution is -0.120. The van der Waals surface area contributed by atoms with Crippen LogP contribution in [0.15, 0.2) is 18.2 Å². The van der Waals surface area contributed by atoms with Gasteiger partial charge in [0.2, 0.25) is 5.91 Å². The van der Waals surface area contributed by atoms with Gasteiger partial charge in [0.15, 0.2) is 0 Å². The van der Waals surface area contributed by atoms with Crippen molar-refractivity contribution in [3.8, 4) is 0 Å². The fraction of sp³-hybridized carbons (Fsp3) is 0.429. The molecule has 1 fully saturated rings. The molecule has 2 aliphatic rings. The molecule has 5 heteroatoms. The first-order valence-electron chi connectivity index (χ1n) is 6.68. The van der Waals surface area contributed by atoms with E-state index in [9.17, 15) is 9.59 Å². The second-order valence-electron chi connectivity index (χ2n) is 4.96. The molecule has 3 rings (SSSR count). The molecule has 0 spiro atoms. The number of nitrogens with zero attached hydrogens (tertiary/aromatic N) is 1. The summed E-state index contributed by atoms with van der Waals surface area (Å²) in [4.78, 5) is 24.6. The number of benzene rings is 1. The maximum Gasteiger partial charge on any atom is 0.328 e. The fourth-order valence-electron chi connectivity index (χ4n) is 2.64. The maximum absolute atomic E-state index is 11.8. The fourth-order valence-corrected chi connectivity index (χ4v) is 2.64. The first-order chi connectivity index (χ1) is 9.24. The van der Waals surface area contributed by atoms with Gasteiger partial charge in [0.25, 0.3) is 0 Å². The summed E-state index contributed by atoms with van der Waals surface area (Å²) in [6, 6.07) is 5.83. The Morgan fingerprint density at radius 2 is 1.79 bits per heavy atom. The molecule has 3 amide bonds. The summed E-state index contributed by atoms with van der Waals surface area (Å²) in [5.74, 6) is -0.194. The van der Waals surface area contributed by atoms with Crippen LogP contribution in [-0.2, 0) is 17.6 Å². The molecular formula is C14H17N3O2. The third-order valence-electron chi connectivity index (χ3n) is 3.70. The Bertz CT molecular complexity index is 527. The van der Waals surface area contributed by atoms with E-state index in [0.717, 1.165) is 31.6 Å². The summed E-state index contributed by atoms with van der Waals surface area (Å²) in [5.41, 5.74) is 3.53. The van der Waals surface area contributed by atoms with E-state index in [1.807, 2.05) is 6.07 Å². The van der Waals surface area contributed by atoms with Crippen molar-refractivity contribution >= 4 is 17.6 Å². The molecule has 0 aromatic heterocycles. The van der Waals surface area contributed by atoms with E-state index >= 15 is 0 Å². The average Bonchev–Trinajstić information content (AvgIpc) is 2.63. The number of nitrogens with one attached hydrogen (secondary N) is 2. The van der Waals surface area contributed by atoms with Crippen LogP contribution in [0.3, 0.4) is 0 Å². The molecule has 0 unspecified atom stereocenters. The average molecular weight is 259 g/mol. The smallest absolute Gasteiger partial charge is 0.316 e. The minimum Gasteiger partial charge on any atom is -0.316 e. The Hall–Kier alpha value is -1.88. The predicted molar refractivity (Wildman–Crippen MR) is 72.2 cm³/mol. The van der Waals surface area contributed by atoms with Gasteiger partial charge in [-0.15, -0.1) is 0 Å². The minimum absolute atomic E-state index is 0.194. The van der Waals surface area contributed by atoms with Crippen LogP contribution < -0.4 is 15.5 Å². The Balaban J connectivity index is 1.87. The van der Waals surface area contributed by atoms with Crippen LogP contribution in [0.1, 0.15) is 17.5 Å². The number of hydrogen-bond acceptors (Lipinski definition) is 3. The van der Waals surface area contributed by atoms with Gasteiger partial charge in [-0.25, -0.2) is 4.79 Å². The first-order valence-corrected chi connectivity index (χ1v) is 6.68. The van der Waals surface area contributed by atoms with Crippen molar-refractivity contribution < 1.29 is 9.59 Å². The number of anilines is 1. The van der Waals surface area contributed by atoms with Crippen LogP contribution in [-0.4, -0.2) is 31.6 Å². The van der Waals surface area contributed by atoms with Crippen LogP contribution in [0, 0.1) is 0 Å². The topological polar surface area (TPSA) is 61.4 Å². The molecule has 0 atom stereocenters. The molecule has 0 aliphatic carbocycles. The van der Waals surface area contributed by atoms with Gasteiger partial charge >= 0.3 is 6.03 Å². The number of urea groups is 1. The molecule has 0 radical (unpaired) electrons. The zero-order valence-corrected chi connectivity index (χ0v) is 10.7. The van der Waals surface area contributed by atoms with Crippen LogP contribution in [0.25, 0.3) is 0 Å². The van der Waals surface area contributed by atoms with Crippen LogP contribution in [0.5, 0.6) is 0 Å². The monoisotopic (exact) mass is 259 g/mol. The molecule has 5 nitrogen and oxygen atoms in total. The van der Waals surface area contributed by atoms with Gasteiger partial charge in [0.05, 0.1) is 0 Å². The van der Waals surface area contributed by atoms with E-state index in [4.69, 9.17) is 0 Å². The Kier molecular flexibility index (Phi) is 3.21. The number of rotatable bonds is 1. The van der Waals surface area contributed by atoms with Crippen molar-refractivity contribution in [2.45, 2.75) is 19.3 Å². The van der Waals surface area contributed by atoms with Crippen molar-refractivity contribution in [2.24, 2.45) is 0 Å². The summed E-state index contributed by atoms with van der Waals surface area (Å²) in [5, 5.41) is 5.73. The highest BCUT2D eigenvalue weighted by molar-refractivity contribution is 6.05. The van der Waals surface area contributed by atoms with Crippen LogP contribution >= 0.6 is 0 Å². The molecule has 19 heavy (non-hydrogen) atoms. The SMILES string of the molecule is O=C1CCN(c2ccc3c(c2)CCNCC3)C(=O)N1. The molecular weight excluding hydrogens is 242 g/mol. The molecule has 2 N–H and O–H groups in total. The van der Waals surface area contributed by atoms with Gasteiger partial charge in [-0.2, -0.15) is 0 Å². The van der Waals surface area contributed by atoms with E-state index in [-0.39, 0.29) is 11.9 Å². The molecule has 0 bridgehead atoms. The molecule has 0 saturated carbocycles. The van der Waals surface area contributed by atoms with Gasteiger partial charge in [-0.3, -0.25) is 15.0 Å². The van der Waals surface area contributed by atoms with Gasteiger partial charge in [-0.1, -0.05) is 6.07 Å². The summed E-state index contributed by atoms with van der Waals surface area (Å²) in [7, 11) is 0. The molecule has 1 saturated heterocycles. The molecule has 100 valence electrons. The highest BCUT2D eigenvalue weighted by Crippen LogP contribution is 2.23.